The number of ether oxygens (including phenoxy) is 2. The maximum Gasteiger partial charge on any atom is 0.337 e. The van der Waals surface area contributed by atoms with Crippen LogP contribution >= 0.6 is 12.6 Å². The van der Waals surface area contributed by atoms with Crippen molar-refractivity contribution in [1.82, 2.24) is 20.4 Å². The number of esters is 1. The normalized spacial score (nSPS) is 17.9. The number of hydrogen-bond donors (Lipinski definition) is 3. The molecule has 0 saturated carbocycles. The Morgan fingerprint density at radius 1 is 1.00 bits per heavy atom. The molecule has 3 aromatic rings. The SMILES string of the molecule is COC(=O)C1=CNC(=O)N(C(=O)NCCCN2CCC(c3ccccc3)(c3ccc(OCS)cc3)CC2)C1c1ccc(F)c(F)c1. The molecule has 5 rings (SSSR count). The molecule has 9 nitrogen and oxygen atoms in total. The standard InChI is InChI=1S/C34H36F2N4O5S/c1-44-31(41)27-21-38-33(43)40(30(27)23-8-13-28(35)29(36)20-23)32(42)37-16-5-17-39-18-14-34(15-19-39,24-6-3-2-4-7-24)25-9-11-26(12-10-25)45-22-46/h2-4,6-13,20-21,30,46H,5,14-19,22H2,1H3,(H,37,42)(H,38,43). The second kappa shape index (κ2) is 14.8. The summed E-state index contributed by atoms with van der Waals surface area (Å²) in [5.74, 6) is -2.02. The molecule has 0 radical (unpaired) electrons. The predicted octanol–water partition coefficient (Wildman–Crippen LogP) is 5.54. The number of urea groups is 2. The summed E-state index contributed by atoms with van der Waals surface area (Å²) in [6, 6.07) is 18.7. The third-order valence-corrected chi connectivity index (χ3v) is 8.75. The van der Waals surface area contributed by atoms with Gasteiger partial charge in [0, 0.05) is 18.2 Å². The third-order valence-electron chi connectivity index (χ3n) is 8.62. The Morgan fingerprint density at radius 2 is 1.70 bits per heavy atom. The summed E-state index contributed by atoms with van der Waals surface area (Å²) < 4.78 is 38.1. The monoisotopic (exact) mass is 650 g/mol. The highest BCUT2D eigenvalue weighted by atomic mass is 32.1. The largest absolute Gasteiger partial charge is 0.483 e. The van der Waals surface area contributed by atoms with Crippen molar-refractivity contribution in [1.29, 1.82) is 0 Å². The Hall–Kier alpha value is -4.42. The van der Waals surface area contributed by atoms with E-state index in [9.17, 15) is 23.2 Å². The molecule has 12 heteroatoms. The van der Waals surface area contributed by atoms with Gasteiger partial charge >= 0.3 is 18.0 Å². The lowest BCUT2D eigenvalue weighted by Gasteiger charge is -2.43. The van der Waals surface area contributed by atoms with Crippen LogP contribution in [-0.4, -0.2) is 67.1 Å². The van der Waals surface area contributed by atoms with Gasteiger partial charge in [0.15, 0.2) is 11.6 Å². The van der Waals surface area contributed by atoms with Crippen LogP contribution in [0.15, 0.2) is 84.6 Å². The van der Waals surface area contributed by atoms with Crippen LogP contribution in [0.4, 0.5) is 18.4 Å². The van der Waals surface area contributed by atoms with Gasteiger partial charge in [-0.25, -0.2) is 28.1 Å². The minimum absolute atomic E-state index is 0.0413. The first-order valence-corrected chi connectivity index (χ1v) is 15.6. The van der Waals surface area contributed by atoms with Gasteiger partial charge in [0.05, 0.1) is 12.7 Å². The summed E-state index contributed by atoms with van der Waals surface area (Å²) in [4.78, 5) is 41.7. The molecule has 0 spiro atoms. The molecule has 0 aliphatic carbocycles. The molecular weight excluding hydrogens is 614 g/mol. The van der Waals surface area contributed by atoms with Gasteiger partial charge in [-0.3, -0.25) is 0 Å². The van der Waals surface area contributed by atoms with Gasteiger partial charge in [0.1, 0.15) is 17.7 Å². The van der Waals surface area contributed by atoms with E-state index in [0.29, 0.717) is 18.9 Å². The van der Waals surface area contributed by atoms with Crippen molar-refractivity contribution in [2.45, 2.75) is 30.7 Å². The molecular formula is C34H36F2N4O5S. The van der Waals surface area contributed by atoms with Crippen molar-refractivity contribution in [3.8, 4) is 5.75 Å². The molecule has 1 unspecified atom stereocenters. The van der Waals surface area contributed by atoms with Crippen molar-refractivity contribution in [2.24, 2.45) is 0 Å². The molecule has 3 aromatic carbocycles. The van der Waals surface area contributed by atoms with Crippen LogP contribution in [0.1, 0.15) is 42.0 Å². The first-order chi connectivity index (χ1) is 22.3. The molecule has 2 aliphatic heterocycles. The lowest BCUT2D eigenvalue weighted by molar-refractivity contribution is -0.136. The van der Waals surface area contributed by atoms with Crippen LogP contribution in [-0.2, 0) is 14.9 Å². The summed E-state index contributed by atoms with van der Waals surface area (Å²) in [7, 11) is 1.15. The lowest BCUT2D eigenvalue weighted by atomic mass is 9.68. The van der Waals surface area contributed by atoms with Crippen molar-refractivity contribution in [2.75, 3.05) is 39.2 Å². The van der Waals surface area contributed by atoms with Crippen LogP contribution in [0, 0.1) is 11.6 Å². The minimum atomic E-state index is -1.32. The molecule has 0 bridgehead atoms. The number of hydrogen-bond acceptors (Lipinski definition) is 7. The summed E-state index contributed by atoms with van der Waals surface area (Å²) >= 11 is 4.15. The van der Waals surface area contributed by atoms with Gasteiger partial charge in [-0.1, -0.05) is 48.5 Å². The van der Waals surface area contributed by atoms with E-state index in [-0.39, 0.29) is 23.1 Å². The van der Waals surface area contributed by atoms with Crippen molar-refractivity contribution in [3.63, 3.8) is 0 Å². The molecule has 2 N–H and O–H groups in total. The Labute approximate surface area is 272 Å². The molecule has 2 heterocycles. The van der Waals surface area contributed by atoms with Crippen LogP contribution in [0.2, 0.25) is 0 Å². The zero-order chi connectivity index (χ0) is 32.7. The summed E-state index contributed by atoms with van der Waals surface area (Å²) in [6.07, 6.45) is 3.52. The van der Waals surface area contributed by atoms with Crippen LogP contribution in [0.25, 0.3) is 0 Å². The summed E-state index contributed by atoms with van der Waals surface area (Å²) in [6.45, 7) is 2.65. The number of likely N-dealkylation sites (tertiary alicyclic amines) is 1. The number of imide groups is 1. The van der Waals surface area contributed by atoms with E-state index in [2.05, 4.69) is 64.6 Å². The molecule has 1 saturated heterocycles. The number of methoxy groups -OCH3 is 1. The third kappa shape index (κ3) is 7.02. The zero-order valence-corrected chi connectivity index (χ0v) is 26.3. The smallest absolute Gasteiger partial charge is 0.337 e. The van der Waals surface area contributed by atoms with E-state index >= 15 is 0 Å². The second-order valence-electron chi connectivity index (χ2n) is 11.2. The van der Waals surface area contributed by atoms with Crippen molar-refractivity contribution in [3.05, 3.63) is 113 Å². The van der Waals surface area contributed by atoms with E-state index in [0.717, 1.165) is 62.0 Å². The van der Waals surface area contributed by atoms with E-state index in [1.807, 2.05) is 18.2 Å². The van der Waals surface area contributed by atoms with Crippen LogP contribution < -0.4 is 15.4 Å². The van der Waals surface area contributed by atoms with Gasteiger partial charge in [0.2, 0.25) is 0 Å². The molecule has 46 heavy (non-hydrogen) atoms. The molecule has 1 atom stereocenters. The maximum atomic E-state index is 14.1. The topological polar surface area (TPSA) is 100 Å². The average molecular weight is 651 g/mol. The van der Waals surface area contributed by atoms with Crippen molar-refractivity contribution < 1.29 is 32.6 Å². The highest BCUT2D eigenvalue weighted by Gasteiger charge is 2.40. The molecule has 1 fully saturated rings. The molecule has 2 aliphatic rings. The first-order valence-electron chi connectivity index (χ1n) is 15.0. The second-order valence-corrected chi connectivity index (χ2v) is 11.4. The predicted molar refractivity (Wildman–Crippen MR) is 171 cm³/mol. The van der Waals surface area contributed by atoms with Crippen LogP contribution in [0.5, 0.6) is 5.75 Å². The number of rotatable bonds is 10. The first kappa shape index (κ1) is 33.0. The van der Waals surface area contributed by atoms with Gasteiger partial charge < -0.3 is 25.0 Å². The summed E-state index contributed by atoms with van der Waals surface area (Å²) in [5, 5.41) is 5.11. The zero-order valence-electron chi connectivity index (χ0n) is 25.4. The molecule has 0 aromatic heterocycles. The van der Waals surface area contributed by atoms with Gasteiger partial charge in [-0.2, -0.15) is 0 Å². The fourth-order valence-electron chi connectivity index (χ4n) is 6.24. The number of nitrogens with one attached hydrogen (secondary N) is 2. The number of carbonyl (C=O) groups excluding carboxylic acids is 3. The van der Waals surface area contributed by atoms with E-state index < -0.39 is 35.7 Å². The molecule has 4 amide bonds. The fourth-order valence-corrected chi connectivity index (χ4v) is 6.39. The van der Waals surface area contributed by atoms with Crippen molar-refractivity contribution >= 4 is 30.7 Å². The number of nitrogens with zero attached hydrogens (tertiary/aromatic N) is 2. The number of amides is 4. The van der Waals surface area contributed by atoms with Gasteiger partial charge in [-0.05, 0) is 79.9 Å². The number of thiol groups is 1. The Bertz CT molecular complexity index is 1580. The number of halogens is 2. The van der Waals surface area contributed by atoms with E-state index in [1.54, 1.807) is 0 Å². The number of benzene rings is 3. The lowest BCUT2D eigenvalue weighted by Crippen LogP contribution is -2.53. The number of piperidine rings is 1. The minimum Gasteiger partial charge on any atom is -0.483 e. The highest BCUT2D eigenvalue weighted by molar-refractivity contribution is 7.80. The quantitative estimate of drug-likeness (QED) is 0.115. The molecule has 242 valence electrons. The summed E-state index contributed by atoms with van der Waals surface area (Å²) in [5.41, 5.74) is 2.28. The maximum absolute atomic E-state index is 14.1. The Kier molecular flexibility index (Phi) is 10.6. The number of carbonyl (C=O) groups is 3. The van der Waals surface area contributed by atoms with Crippen LogP contribution in [0.3, 0.4) is 0 Å². The van der Waals surface area contributed by atoms with Gasteiger partial charge in [-0.15, -0.1) is 12.6 Å². The van der Waals surface area contributed by atoms with Gasteiger partial charge in [0.25, 0.3) is 0 Å². The fraction of sp³-hybridized carbons (Fsp3) is 0.324. The van der Waals surface area contributed by atoms with E-state index in [4.69, 9.17) is 9.47 Å². The Balaban J connectivity index is 1.21. The average Bonchev–Trinajstić information content (AvgIpc) is 3.08. The Morgan fingerprint density at radius 3 is 2.35 bits per heavy atom. The van der Waals surface area contributed by atoms with E-state index in [1.165, 1.54) is 17.2 Å². The highest BCUT2D eigenvalue weighted by Crippen LogP contribution is 2.42.